The Bertz CT molecular complexity index is 309. The van der Waals surface area contributed by atoms with Gasteiger partial charge in [0, 0.05) is 19.5 Å². The lowest BCUT2D eigenvalue weighted by atomic mass is 9.92. The van der Waals surface area contributed by atoms with E-state index in [4.69, 9.17) is 5.11 Å². The third-order valence-electron chi connectivity index (χ3n) is 2.98. The summed E-state index contributed by atoms with van der Waals surface area (Å²) < 4.78 is 0. The van der Waals surface area contributed by atoms with Gasteiger partial charge in [0.15, 0.2) is 0 Å². The highest BCUT2D eigenvalue weighted by Gasteiger charge is 2.16. The molecule has 0 aromatic carbocycles. The molecule has 1 unspecified atom stereocenters. The molecule has 0 aliphatic carbocycles. The lowest BCUT2D eigenvalue weighted by molar-refractivity contribution is -0.138. The average Bonchev–Trinajstić information content (AvgIpc) is 2.22. The van der Waals surface area contributed by atoms with Crippen LogP contribution in [0.5, 0.6) is 0 Å². The van der Waals surface area contributed by atoms with Gasteiger partial charge >= 0.3 is 12.0 Å². The van der Waals surface area contributed by atoms with Crippen LogP contribution in [0.15, 0.2) is 0 Å². The molecule has 0 aromatic rings. The van der Waals surface area contributed by atoms with E-state index in [0.717, 1.165) is 12.8 Å². The van der Waals surface area contributed by atoms with E-state index in [9.17, 15) is 9.59 Å². The zero-order chi connectivity index (χ0) is 15.8. The van der Waals surface area contributed by atoms with Gasteiger partial charge in [0.05, 0.1) is 0 Å². The van der Waals surface area contributed by atoms with E-state index in [1.807, 2.05) is 0 Å². The highest BCUT2D eigenvalue weighted by Crippen LogP contribution is 2.17. The van der Waals surface area contributed by atoms with Gasteiger partial charge in [-0.05, 0) is 30.1 Å². The Balaban J connectivity index is 4.01. The molecule has 0 rings (SSSR count). The SMILES string of the molecule is CC(C)CC(CNC(=O)NCCC(C)(C)C)CC(=O)O. The number of carboxylic acids is 1. The maximum atomic E-state index is 11.6. The molecule has 0 saturated heterocycles. The van der Waals surface area contributed by atoms with Crippen LogP contribution in [0, 0.1) is 17.3 Å². The number of carbonyl (C=O) groups is 2. The molecule has 0 spiro atoms. The topological polar surface area (TPSA) is 78.4 Å². The zero-order valence-electron chi connectivity index (χ0n) is 13.5. The number of rotatable bonds is 8. The monoisotopic (exact) mass is 286 g/mol. The smallest absolute Gasteiger partial charge is 0.314 e. The quantitative estimate of drug-likeness (QED) is 0.642. The van der Waals surface area contributed by atoms with Crippen LogP contribution in [0.2, 0.25) is 0 Å². The van der Waals surface area contributed by atoms with E-state index in [0.29, 0.717) is 19.0 Å². The Kier molecular flexibility index (Phi) is 8.26. The maximum absolute atomic E-state index is 11.6. The molecule has 0 radical (unpaired) electrons. The number of nitrogens with one attached hydrogen (secondary N) is 2. The summed E-state index contributed by atoms with van der Waals surface area (Å²) in [6, 6.07) is -0.214. The van der Waals surface area contributed by atoms with Gasteiger partial charge in [-0.25, -0.2) is 4.79 Å². The molecule has 5 nitrogen and oxygen atoms in total. The minimum atomic E-state index is -0.814. The Labute approximate surface area is 122 Å². The van der Waals surface area contributed by atoms with Crippen LogP contribution in [-0.2, 0) is 4.79 Å². The van der Waals surface area contributed by atoms with Gasteiger partial charge in [-0.3, -0.25) is 4.79 Å². The number of carbonyl (C=O) groups excluding carboxylic acids is 1. The molecule has 0 aliphatic rings. The Hall–Kier alpha value is -1.26. The van der Waals surface area contributed by atoms with Crippen molar-refractivity contribution in [2.75, 3.05) is 13.1 Å². The first-order valence-corrected chi connectivity index (χ1v) is 7.33. The van der Waals surface area contributed by atoms with Crippen molar-refractivity contribution in [2.45, 2.75) is 53.9 Å². The van der Waals surface area contributed by atoms with Crippen molar-refractivity contribution in [3.8, 4) is 0 Å². The fourth-order valence-corrected chi connectivity index (χ4v) is 2.00. The first-order chi connectivity index (χ1) is 9.10. The number of aliphatic carboxylic acids is 1. The van der Waals surface area contributed by atoms with Crippen LogP contribution in [0.4, 0.5) is 4.79 Å². The lowest BCUT2D eigenvalue weighted by Gasteiger charge is -2.20. The Morgan fingerprint density at radius 1 is 1.15 bits per heavy atom. The van der Waals surface area contributed by atoms with E-state index in [1.54, 1.807) is 0 Å². The standard InChI is InChI=1S/C15H30N2O3/c1-11(2)8-12(9-13(18)19)10-17-14(20)16-7-6-15(3,4)5/h11-12H,6-10H2,1-5H3,(H,18,19)(H2,16,17,20). The zero-order valence-corrected chi connectivity index (χ0v) is 13.5. The molecule has 118 valence electrons. The van der Waals surface area contributed by atoms with Crippen molar-refractivity contribution < 1.29 is 14.7 Å². The number of hydrogen-bond donors (Lipinski definition) is 3. The third-order valence-corrected chi connectivity index (χ3v) is 2.98. The average molecular weight is 286 g/mol. The summed E-state index contributed by atoms with van der Waals surface area (Å²) in [5.74, 6) is -0.406. The van der Waals surface area contributed by atoms with Crippen LogP contribution in [-0.4, -0.2) is 30.2 Å². The van der Waals surface area contributed by atoms with Gasteiger partial charge in [-0.15, -0.1) is 0 Å². The number of urea groups is 1. The van der Waals surface area contributed by atoms with Crippen LogP contribution in [0.1, 0.15) is 53.9 Å². The Morgan fingerprint density at radius 2 is 1.75 bits per heavy atom. The first-order valence-electron chi connectivity index (χ1n) is 7.33. The van der Waals surface area contributed by atoms with E-state index < -0.39 is 5.97 Å². The second kappa shape index (κ2) is 8.82. The van der Waals surface area contributed by atoms with Crippen LogP contribution < -0.4 is 10.6 Å². The van der Waals surface area contributed by atoms with Crippen LogP contribution >= 0.6 is 0 Å². The predicted octanol–water partition coefficient (Wildman–Crippen LogP) is 2.86. The molecule has 2 amide bonds. The number of carboxylic acid groups (broad SMARTS) is 1. The molecule has 0 bridgehead atoms. The first kappa shape index (κ1) is 18.7. The van der Waals surface area contributed by atoms with Gasteiger partial charge in [-0.2, -0.15) is 0 Å². The van der Waals surface area contributed by atoms with E-state index in [-0.39, 0.29) is 23.8 Å². The van der Waals surface area contributed by atoms with Gasteiger partial charge in [0.25, 0.3) is 0 Å². The summed E-state index contributed by atoms with van der Waals surface area (Å²) in [4.78, 5) is 22.4. The van der Waals surface area contributed by atoms with Gasteiger partial charge in [0.2, 0.25) is 0 Å². The van der Waals surface area contributed by atoms with Gasteiger partial charge < -0.3 is 15.7 Å². The van der Waals surface area contributed by atoms with E-state index in [1.165, 1.54) is 0 Å². The fourth-order valence-electron chi connectivity index (χ4n) is 2.00. The van der Waals surface area contributed by atoms with Crippen molar-refractivity contribution in [1.82, 2.24) is 10.6 Å². The Morgan fingerprint density at radius 3 is 2.20 bits per heavy atom. The lowest BCUT2D eigenvalue weighted by Crippen LogP contribution is -2.40. The molecule has 0 aliphatic heterocycles. The second-order valence-electron chi connectivity index (χ2n) is 7.04. The van der Waals surface area contributed by atoms with Gasteiger partial charge in [0.1, 0.15) is 0 Å². The van der Waals surface area contributed by atoms with Gasteiger partial charge in [-0.1, -0.05) is 34.6 Å². The summed E-state index contributed by atoms with van der Waals surface area (Å²) in [7, 11) is 0. The second-order valence-corrected chi connectivity index (χ2v) is 7.04. The molecule has 0 aromatic heterocycles. The summed E-state index contributed by atoms with van der Waals surface area (Å²) in [5, 5.41) is 14.4. The molecule has 1 atom stereocenters. The molecule has 20 heavy (non-hydrogen) atoms. The van der Waals surface area contributed by atoms with Crippen molar-refractivity contribution in [3.63, 3.8) is 0 Å². The molecule has 0 saturated carbocycles. The summed E-state index contributed by atoms with van der Waals surface area (Å²) >= 11 is 0. The van der Waals surface area contributed by atoms with Crippen molar-refractivity contribution in [1.29, 1.82) is 0 Å². The predicted molar refractivity (Wildman–Crippen MR) is 80.7 cm³/mol. The minimum Gasteiger partial charge on any atom is -0.481 e. The van der Waals surface area contributed by atoms with Crippen LogP contribution in [0.3, 0.4) is 0 Å². The summed E-state index contributed by atoms with van der Waals surface area (Å²) in [5.41, 5.74) is 0.191. The molecule has 0 heterocycles. The summed E-state index contributed by atoms with van der Waals surface area (Å²) in [6.07, 6.45) is 1.81. The maximum Gasteiger partial charge on any atom is 0.314 e. The minimum absolute atomic E-state index is 0.0131. The highest BCUT2D eigenvalue weighted by molar-refractivity contribution is 5.74. The van der Waals surface area contributed by atoms with Crippen molar-refractivity contribution >= 4 is 12.0 Å². The highest BCUT2D eigenvalue weighted by atomic mass is 16.4. The normalized spacial score (nSPS) is 13.1. The van der Waals surface area contributed by atoms with E-state index in [2.05, 4.69) is 45.3 Å². The fraction of sp³-hybridized carbons (Fsp3) is 0.867. The number of hydrogen-bond acceptors (Lipinski definition) is 2. The molecule has 3 N–H and O–H groups in total. The van der Waals surface area contributed by atoms with Crippen LogP contribution in [0.25, 0.3) is 0 Å². The molecular weight excluding hydrogens is 256 g/mol. The summed E-state index contributed by atoms with van der Waals surface area (Å²) in [6.45, 7) is 11.5. The molecular formula is C15H30N2O3. The third kappa shape index (κ3) is 11.8. The number of amides is 2. The molecule has 5 heteroatoms. The molecule has 0 fully saturated rings. The van der Waals surface area contributed by atoms with E-state index >= 15 is 0 Å². The van der Waals surface area contributed by atoms with Crippen molar-refractivity contribution in [2.24, 2.45) is 17.3 Å². The van der Waals surface area contributed by atoms with Crippen molar-refractivity contribution in [3.05, 3.63) is 0 Å². The largest absolute Gasteiger partial charge is 0.481 e.